The molecule has 0 aliphatic rings. The van der Waals surface area contributed by atoms with E-state index in [2.05, 4.69) is 13.8 Å². The van der Waals surface area contributed by atoms with E-state index in [1.54, 1.807) is 0 Å². The molecule has 0 saturated heterocycles. The lowest BCUT2D eigenvalue weighted by Crippen LogP contribution is -2.06. The van der Waals surface area contributed by atoms with Gasteiger partial charge in [-0.25, -0.2) is 0 Å². The first-order valence-electron chi connectivity index (χ1n) is 31.0. The van der Waals surface area contributed by atoms with Crippen molar-refractivity contribution in [1.29, 1.82) is 0 Å². The summed E-state index contributed by atoms with van der Waals surface area (Å²) in [6.07, 6.45) is 77.7. The standard InChI is InChI=1S/C62H124O3/c1-3-5-7-9-10-11-12-13-14-15-16-17-18-19-20-21-22-23-24-25-26-27-28-29-30-31-32-33-34-35-36-37-38-39-40-41-42-43-46-49-52-56-60-65-62(64)59-55-51-48-45-44-47-50-54-58-61(63)57-53-8-6-4-2/h61,63H,3-60H2,1-2H3. The number of esters is 1. The van der Waals surface area contributed by atoms with Crippen molar-refractivity contribution < 1.29 is 14.6 Å². The van der Waals surface area contributed by atoms with Crippen LogP contribution in [0.4, 0.5) is 0 Å². The minimum atomic E-state index is -0.0801. The zero-order chi connectivity index (χ0) is 46.9. The van der Waals surface area contributed by atoms with E-state index in [4.69, 9.17) is 4.74 Å². The lowest BCUT2D eigenvalue weighted by molar-refractivity contribution is -0.143. The number of carbonyl (C=O) groups is 1. The number of carbonyl (C=O) groups excluding carboxylic acids is 1. The predicted molar refractivity (Wildman–Crippen MR) is 291 cm³/mol. The van der Waals surface area contributed by atoms with Crippen LogP contribution in [0, 0.1) is 0 Å². The molecule has 390 valence electrons. The molecular formula is C62H124O3. The van der Waals surface area contributed by atoms with E-state index in [1.807, 2.05) is 0 Å². The maximum Gasteiger partial charge on any atom is 0.305 e. The van der Waals surface area contributed by atoms with E-state index in [0.717, 1.165) is 32.1 Å². The van der Waals surface area contributed by atoms with Crippen molar-refractivity contribution in [3.05, 3.63) is 0 Å². The Bertz CT molecular complexity index is 841. The zero-order valence-corrected chi connectivity index (χ0v) is 45.4. The first kappa shape index (κ1) is 64.4. The smallest absolute Gasteiger partial charge is 0.305 e. The quantitative estimate of drug-likeness (QED) is 0.0488. The van der Waals surface area contributed by atoms with Crippen LogP contribution in [-0.2, 0) is 9.53 Å². The fourth-order valence-electron chi connectivity index (χ4n) is 10.2. The van der Waals surface area contributed by atoms with Crippen molar-refractivity contribution in [2.45, 2.75) is 386 Å². The predicted octanol–water partition coefficient (Wildman–Crippen LogP) is 22.2. The van der Waals surface area contributed by atoms with Gasteiger partial charge in [0.2, 0.25) is 0 Å². The molecule has 0 aromatic rings. The molecule has 0 aromatic heterocycles. The molecule has 0 bridgehead atoms. The molecule has 0 saturated carbocycles. The average Bonchev–Trinajstić information content (AvgIpc) is 3.31. The maximum atomic E-state index is 12.1. The molecule has 65 heavy (non-hydrogen) atoms. The Morgan fingerprint density at radius 1 is 0.277 bits per heavy atom. The van der Waals surface area contributed by atoms with Gasteiger partial charge in [-0.2, -0.15) is 0 Å². The normalized spacial score (nSPS) is 12.1. The van der Waals surface area contributed by atoms with Gasteiger partial charge in [-0.05, 0) is 25.7 Å². The van der Waals surface area contributed by atoms with Gasteiger partial charge < -0.3 is 9.84 Å². The summed E-state index contributed by atoms with van der Waals surface area (Å²) in [4.78, 5) is 12.1. The molecular weight excluding hydrogens is 793 g/mol. The Kier molecular flexibility index (Phi) is 59.0. The summed E-state index contributed by atoms with van der Waals surface area (Å²) < 4.78 is 5.49. The summed E-state index contributed by atoms with van der Waals surface area (Å²) in [5.74, 6) is 0.00946. The molecule has 0 amide bonds. The third-order valence-electron chi connectivity index (χ3n) is 14.8. The van der Waals surface area contributed by atoms with Gasteiger partial charge in [0, 0.05) is 6.42 Å². The molecule has 3 heteroatoms. The summed E-state index contributed by atoms with van der Waals surface area (Å²) in [6, 6.07) is 0. The molecule has 0 aliphatic heterocycles. The van der Waals surface area contributed by atoms with E-state index in [0.29, 0.717) is 13.0 Å². The fourth-order valence-corrected chi connectivity index (χ4v) is 10.2. The number of hydrogen-bond donors (Lipinski definition) is 1. The van der Waals surface area contributed by atoms with Crippen LogP contribution in [0.25, 0.3) is 0 Å². The second kappa shape index (κ2) is 59.6. The summed E-state index contributed by atoms with van der Waals surface area (Å²) in [6.45, 7) is 5.16. The topological polar surface area (TPSA) is 46.5 Å². The number of rotatable bonds is 59. The van der Waals surface area contributed by atoms with Crippen molar-refractivity contribution in [2.75, 3.05) is 6.61 Å². The average molecular weight is 918 g/mol. The highest BCUT2D eigenvalue weighted by Crippen LogP contribution is 2.19. The molecule has 0 spiro atoms. The largest absolute Gasteiger partial charge is 0.466 e. The monoisotopic (exact) mass is 917 g/mol. The number of aliphatic hydroxyl groups is 1. The molecule has 0 aromatic carbocycles. The summed E-state index contributed by atoms with van der Waals surface area (Å²) >= 11 is 0. The number of hydrogen-bond acceptors (Lipinski definition) is 3. The molecule has 1 atom stereocenters. The highest BCUT2D eigenvalue weighted by molar-refractivity contribution is 5.69. The number of ether oxygens (including phenoxy) is 1. The van der Waals surface area contributed by atoms with Crippen molar-refractivity contribution in [2.24, 2.45) is 0 Å². The third kappa shape index (κ3) is 59.5. The Balaban J connectivity index is 3.14. The molecule has 0 radical (unpaired) electrons. The van der Waals surface area contributed by atoms with Crippen LogP contribution < -0.4 is 0 Å². The van der Waals surface area contributed by atoms with Gasteiger partial charge in [0.1, 0.15) is 0 Å². The number of aliphatic hydroxyl groups excluding tert-OH is 1. The molecule has 0 aliphatic carbocycles. The molecule has 0 heterocycles. The highest BCUT2D eigenvalue weighted by atomic mass is 16.5. The van der Waals surface area contributed by atoms with Gasteiger partial charge in [0.25, 0.3) is 0 Å². The second-order valence-corrected chi connectivity index (χ2v) is 21.6. The van der Waals surface area contributed by atoms with Crippen LogP contribution in [0.5, 0.6) is 0 Å². The van der Waals surface area contributed by atoms with Crippen molar-refractivity contribution in [1.82, 2.24) is 0 Å². The molecule has 1 unspecified atom stereocenters. The van der Waals surface area contributed by atoms with Crippen LogP contribution in [0.3, 0.4) is 0 Å². The lowest BCUT2D eigenvalue weighted by atomic mass is 10.0. The Morgan fingerprint density at radius 2 is 0.462 bits per heavy atom. The first-order chi connectivity index (χ1) is 32.2. The van der Waals surface area contributed by atoms with E-state index >= 15 is 0 Å². The van der Waals surface area contributed by atoms with Crippen LogP contribution in [0.15, 0.2) is 0 Å². The molecule has 3 nitrogen and oxygen atoms in total. The van der Waals surface area contributed by atoms with E-state index in [1.165, 1.54) is 327 Å². The van der Waals surface area contributed by atoms with Crippen LogP contribution in [-0.4, -0.2) is 23.8 Å². The van der Waals surface area contributed by atoms with E-state index in [-0.39, 0.29) is 12.1 Å². The van der Waals surface area contributed by atoms with Crippen LogP contribution in [0.1, 0.15) is 380 Å². The van der Waals surface area contributed by atoms with Crippen LogP contribution >= 0.6 is 0 Å². The van der Waals surface area contributed by atoms with Crippen molar-refractivity contribution in [3.63, 3.8) is 0 Å². The van der Waals surface area contributed by atoms with Gasteiger partial charge in [0.15, 0.2) is 0 Å². The van der Waals surface area contributed by atoms with Gasteiger partial charge in [-0.3, -0.25) is 4.79 Å². The highest BCUT2D eigenvalue weighted by Gasteiger charge is 2.05. The van der Waals surface area contributed by atoms with E-state index < -0.39 is 0 Å². The summed E-state index contributed by atoms with van der Waals surface area (Å²) in [5, 5.41) is 10.1. The molecule has 0 fully saturated rings. The molecule has 1 N–H and O–H groups in total. The number of unbranched alkanes of at least 4 members (excludes halogenated alkanes) is 51. The summed E-state index contributed by atoms with van der Waals surface area (Å²) in [5.41, 5.74) is 0. The van der Waals surface area contributed by atoms with Crippen LogP contribution in [0.2, 0.25) is 0 Å². The minimum Gasteiger partial charge on any atom is -0.466 e. The Morgan fingerprint density at radius 3 is 0.708 bits per heavy atom. The Hall–Kier alpha value is -0.570. The minimum absolute atomic E-state index is 0.00946. The second-order valence-electron chi connectivity index (χ2n) is 21.6. The van der Waals surface area contributed by atoms with Gasteiger partial charge in [-0.1, -0.05) is 348 Å². The SMILES string of the molecule is CCCCCCCCCCCCCCCCCCCCCCCCCCCCCCCCCCCCCCCCCCCCOC(=O)CCCCCCCCCCC(O)CCCCCC. The first-order valence-corrected chi connectivity index (χ1v) is 31.0. The molecule has 0 rings (SSSR count). The van der Waals surface area contributed by atoms with E-state index in [9.17, 15) is 9.90 Å². The van der Waals surface area contributed by atoms with Gasteiger partial charge in [0.05, 0.1) is 12.7 Å². The Labute approximate surface area is 411 Å². The van der Waals surface area contributed by atoms with Crippen molar-refractivity contribution >= 4 is 5.97 Å². The van der Waals surface area contributed by atoms with Gasteiger partial charge in [-0.15, -0.1) is 0 Å². The third-order valence-corrected chi connectivity index (χ3v) is 14.8. The lowest BCUT2D eigenvalue weighted by Gasteiger charge is -2.10. The summed E-state index contributed by atoms with van der Waals surface area (Å²) in [7, 11) is 0. The maximum absolute atomic E-state index is 12.1. The zero-order valence-electron chi connectivity index (χ0n) is 45.4. The van der Waals surface area contributed by atoms with Gasteiger partial charge >= 0.3 is 5.97 Å². The van der Waals surface area contributed by atoms with Crippen molar-refractivity contribution in [3.8, 4) is 0 Å². The fraction of sp³-hybridized carbons (Fsp3) is 0.984.